The Balaban J connectivity index is 2.17. The van der Waals surface area contributed by atoms with Crippen LogP contribution in [0.3, 0.4) is 0 Å². The number of H-pyrrole nitrogens is 1. The third-order valence-corrected chi connectivity index (χ3v) is 3.46. The molecular formula is C17H11N2. The number of nitrogens with one attached hydrogen (secondary N) is 1. The summed E-state index contributed by atoms with van der Waals surface area (Å²) in [6, 6.07) is 18.6. The van der Waals surface area contributed by atoms with Crippen molar-refractivity contribution in [2.24, 2.45) is 0 Å². The lowest BCUT2D eigenvalue weighted by atomic mass is 10.0. The number of para-hydroxylation sites is 1. The molecule has 0 aliphatic carbocycles. The summed E-state index contributed by atoms with van der Waals surface area (Å²) >= 11 is 0. The molecule has 2 heteroatoms. The largest absolute Gasteiger partial charge is 0.354 e. The molecular weight excluding hydrogens is 232 g/mol. The van der Waals surface area contributed by atoms with Crippen molar-refractivity contribution in [3.63, 3.8) is 0 Å². The summed E-state index contributed by atoms with van der Waals surface area (Å²) in [6.45, 7) is 0. The van der Waals surface area contributed by atoms with Gasteiger partial charge in [-0.2, -0.15) is 0 Å². The number of fused-ring (bicyclic) bond motifs is 3. The topological polar surface area (TPSA) is 28.7 Å². The Kier molecular flexibility index (Phi) is 2.15. The third-order valence-electron chi connectivity index (χ3n) is 3.46. The second-order valence-electron chi connectivity index (χ2n) is 4.57. The second-order valence-corrected chi connectivity index (χ2v) is 4.57. The number of nitrogens with zero attached hydrogens (tertiary/aromatic N) is 1. The molecule has 0 aliphatic rings. The SMILES string of the molecule is [c]1ccc(-c2cccc3[nH]c4ccccc4c23)cn1. The molecule has 1 radical (unpaired) electrons. The van der Waals surface area contributed by atoms with Gasteiger partial charge in [-0.05, 0) is 23.8 Å². The predicted molar refractivity (Wildman–Crippen MR) is 77.9 cm³/mol. The van der Waals surface area contributed by atoms with E-state index in [-0.39, 0.29) is 0 Å². The first-order valence-corrected chi connectivity index (χ1v) is 6.25. The van der Waals surface area contributed by atoms with Crippen LogP contribution in [0.5, 0.6) is 0 Å². The minimum Gasteiger partial charge on any atom is -0.354 e. The minimum absolute atomic E-state index is 1.12. The highest BCUT2D eigenvalue weighted by Crippen LogP contribution is 2.33. The Morgan fingerprint density at radius 1 is 0.895 bits per heavy atom. The van der Waals surface area contributed by atoms with Crippen molar-refractivity contribution < 1.29 is 0 Å². The van der Waals surface area contributed by atoms with Gasteiger partial charge in [-0.1, -0.05) is 36.4 Å². The summed E-state index contributed by atoms with van der Waals surface area (Å²) in [5.74, 6) is 0. The van der Waals surface area contributed by atoms with E-state index in [1.54, 1.807) is 0 Å². The van der Waals surface area contributed by atoms with Crippen LogP contribution in [0.1, 0.15) is 0 Å². The molecule has 4 aromatic rings. The van der Waals surface area contributed by atoms with Crippen molar-refractivity contribution in [2.75, 3.05) is 0 Å². The lowest BCUT2D eigenvalue weighted by molar-refractivity contribution is 1.31. The maximum Gasteiger partial charge on any atom is 0.0886 e. The Hall–Kier alpha value is -2.61. The van der Waals surface area contributed by atoms with Crippen molar-refractivity contribution in [2.45, 2.75) is 0 Å². The average Bonchev–Trinajstić information content (AvgIpc) is 2.86. The number of pyridine rings is 1. The average molecular weight is 243 g/mol. The number of benzene rings is 2. The molecule has 19 heavy (non-hydrogen) atoms. The molecule has 2 aromatic heterocycles. The molecule has 0 saturated heterocycles. The maximum absolute atomic E-state index is 4.10. The summed E-state index contributed by atoms with van der Waals surface area (Å²) in [5, 5.41) is 2.51. The number of rotatable bonds is 1. The van der Waals surface area contributed by atoms with Gasteiger partial charge in [-0.3, -0.25) is 4.98 Å². The van der Waals surface area contributed by atoms with Crippen LogP contribution < -0.4 is 0 Å². The fourth-order valence-corrected chi connectivity index (χ4v) is 2.62. The third kappa shape index (κ3) is 1.54. The Bertz CT molecular complexity index is 860. The monoisotopic (exact) mass is 243 g/mol. The molecule has 0 atom stereocenters. The van der Waals surface area contributed by atoms with Crippen LogP contribution >= 0.6 is 0 Å². The summed E-state index contributed by atoms with van der Waals surface area (Å²) in [6.07, 6.45) is 4.68. The highest BCUT2D eigenvalue weighted by molar-refractivity contribution is 6.14. The molecule has 4 rings (SSSR count). The predicted octanol–water partition coefficient (Wildman–Crippen LogP) is 4.18. The maximum atomic E-state index is 4.10. The van der Waals surface area contributed by atoms with Gasteiger partial charge in [0, 0.05) is 33.6 Å². The smallest absolute Gasteiger partial charge is 0.0886 e. The van der Waals surface area contributed by atoms with Crippen molar-refractivity contribution in [3.8, 4) is 11.1 Å². The van der Waals surface area contributed by atoms with Gasteiger partial charge in [0.25, 0.3) is 0 Å². The first-order chi connectivity index (χ1) is 9.43. The van der Waals surface area contributed by atoms with E-state index in [1.807, 2.05) is 18.3 Å². The molecule has 89 valence electrons. The Labute approximate surface area is 110 Å². The highest BCUT2D eigenvalue weighted by Gasteiger charge is 2.09. The van der Waals surface area contributed by atoms with E-state index in [9.17, 15) is 0 Å². The molecule has 0 spiro atoms. The van der Waals surface area contributed by atoms with Crippen LogP contribution in [0, 0.1) is 6.20 Å². The van der Waals surface area contributed by atoms with Crippen LogP contribution in [-0.2, 0) is 0 Å². The molecule has 2 heterocycles. The summed E-state index contributed by atoms with van der Waals surface area (Å²) in [4.78, 5) is 7.56. The molecule has 0 amide bonds. The van der Waals surface area contributed by atoms with Gasteiger partial charge in [-0.25, -0.2) is 0 Å². The van der Waals surface area contributed by atoms with Gasteiger partial charge in [0.2, 0.25) is 0 Å². The van der Waals surface area contributed by atoms with Gasteiger partial charge < -0.3 is 4.98 Å². The zero-order chi connectivity index (χ0) is 12.7. The fourth-order valence-electron chi connectivity index (χ4n) is 2.62. The number of aromatic nitrogens is 2. The quantitative estimate of drug-likeness (QED) is 0.533. The fraction of sp³-hybridized carbons (Fsp3) is 0. The van der Waals surface area contributed by atoms with Crippen molar-refractivity contribution >= 4 is 21.8 Å². The number of hydrogen-bond acceptors (Lipinski definition) is 1. The molecule has 2 aromatic carbocycles. The molecule has 0 fully saturated rings. The first-order valence-electron chi connectivity index (χ1n) is 6.25. The molecule has 0 bridgehead atoms. The summed E-state index contributed by atoms with van der Waals surface area (Å²) in [7, 11) is 0. The van der Waals surface area contributed by atoms with Gasteiger partial charge in [-0.15, -0.1) is 0 Å². The zero-order valence-corrected chi connectivity index (χ0v) is 10.2. The second kappa shape index (κ2) is 3.95. The normalized spacial score (nSPS) is 11.2. The minimum atomic E-state index is 1.12. The zero-order valence-electron chi connectivity index (χ0n) is 10.2. The van der Waals surface area contributed by atoms with E-state index >= 15 is 0 Å². The first kappa shape index (κ1) is 10.3. The van der Waals surface area contributed by atoms with E-state index in [2.05, 4.69) is 58.6 Å². The van der Waals surface area contributed by atoms with Crippen molar-refractivity contribution in [1.82, 2.24) is 9.97 Å². The molecule has 2 nitrogen and oxygen atoms in total. The van der Waals surface area contributed by atoms with Gasteiger partial charge in [0.05, 0.1) is 6.20 Å². The Morgan fingerprint density at radius 3 is 2.68 bits per heavy atom. The van der Waals surface area contributed by atoms with E-state index in [4.69, 9.17) is 0 Å². The molecule has 0 aliphatic heterocycles. The molecule has 0 unspecified atom stereocenters. The van der Waals surface area contributed by atoms with E-state index in [0.717, 1.165) is 11.1 Å². The van der Waals surface area contributed by atoms with Crippen LogP contribution in [0.15, 0.2) is 60.8 Å². The van der Waals surface area contributed by atoms with Crippen molar-refractivity contribution in [1.29, 1.82) is 0 Å². The Morgan fingerprint density at radius 2 is 1.79 bits per heavy atom. The van der Waals surface area contributed by atoms with Crippen LogP contribution in [0.25, 0.3) is 32.9 Å². The van der Waals surface area contributed by atoms with Crippen LogP contribution in [-0.4, -0.2) is 9.97 Å². The summed E-state index contributed by atoms with van der Waals surface area (Å²) < 4.78 is 0. The van der Waals surface area contributed by atoms with E-state index < -0.39 is 0 Å². The van der Waals surface area contributed by atoms with E-state index in [0.29, 0.717) is 0 Å². The van der Waals surface area contributed by atoms with Gasteiger partial charge in [0.1, 0.15) is 0 Å². The standard InChI is InChI=1S/C17H11N2/c1-2-8-15-14(6-1)17-13(7-3-9-16(17)19-15)12-5-4-10-18-11-12/h1-9,11,19H. The number of hydrogen-bond donors (Lipinski definition) is 1. The summed E-state index contributed by atoms with van der Waals surface area (Å²) in [5.41, 5.74) is 4.65. The lowest BCUT2D eigenvalue weighted by Crippen LogP contribution is -1.80. The van der Waals surface area contributed by atoms with E-state index in [1.165, 1.54) is 21.9 Å². The number of aromatic amines is 1. The van der Waals surface area contributed by atoms with Crippen molar-refractivity contribution in [3.05, 3.63) is 67.0 Å². The van der Waals surface area contributed by atoms with Crippen LogP contribution in [0.4, 0.5) is 0 Å². The van der Waals surface area contributed by atoms with Gasteiger partial charge >= 0.3 is 0 Å². The molecule has 0 saturated carbocycles. The molecule has 1 N–H and O–H groups in total. The van der Waals surface area contributed by atoms with Crippen LogP contribution in [0.2, 0.25) is 0 Å². The lowest BCUT2D eigenvalue weighted by Gasteiger charge is -2.03. The highest BCUT2D eigenvalue weighted by atomic mass is 14.7. The van der Waals surface area contributed by atoms with Gasteiger partial charge in [0.15, 0.2) is 0 Å².